The smallest absolute Gasteiger partial charge is 0.127 e. The minimum absolute atomic E-state index is 0.404. The summed E-state index contributed by atoms with van der Waals surface area (Å²) in [6.45, 7) is 1.89. The third kappa shape index (κ3) is 2.34. The number of fused-ring (bicyclic) bond motifs is 1. The maximum absolute atomic E-state index is 9.15. The summed E-state index contributed by atoms with van der Waals surface area (Å²) in [4.78, 5) is 0. The average Bonchev–Trinajstić information content (AvgIpc) is 2.79. The second-order valence-electron chi connectivity index (χ2n) is 4.94. The highest BCUT2D eigenvalue weighted by Crippen LogP contribution is 2.28. The van der Waals surface area contributed by atoms with Gasteiger partial charge in [-0.05, 0) is 48.8 Å². The van der Waals surface area contributed by atoms with Crippen molar-refractivity contribution < 1.29 is 0 Å². The van der Waals surface area contributed by atoms with Gasteiger partial charge in [0, 0.05) is 6.04 Å². The molecule has 19 heavy (non-hydrogen) atoms. The van der Waals surface area contributed by atoms with Gasteiger partial charge in [-0.15, -0.1) is 0 Å². The van der Waals surface area contributed by atoms with Gasteiger partial charge < -0.3 is 5.32 Å². The van der Waals surface area contributed by atoms with Crippen LogP contribution in [0.5, 0.6) is 0 Å². The van der Waals surface area contributed by atoms with E-state index in [0.717, 1.165) is 30.0 Å². The maximum Gasteiger partial charge on any atom is 0.127 e. The fraction of sp³-hybridized carbons (Fsp3) is 0.333. The van der Waals surface area contributed by atoms with Crippen LogP contribution in [0, 0.1) is 18.3 Å². The van der Waals surface area contributed by atoms with Gasteiger partial charge in [0.05, 0.1) is 5.69 Å². The first-order chi connectivity index (χ1) is 9.28. The fourth-order valence-corrected chi connectivity index (χ4v) is 3.43. The molecule has 1 unspecified atom stereocenters. The first-order valence-electron chi connectivity index (χ1n) is 6.47. The molecule has 0 saturated heterocycles. The van der Waals surface area contributed by atoms with E-state index < -0.39 is 0 Å². The SMILES string of the molecule is Cc1nsc(NC2CCc3ccccc3C2)c1C#N. The number of rotatable bonds is 2. The molecule has 0 spiro atoms. The largest absolute Gasteiger partial charge is 0.371 e. The van der Waals surface area contributed by atoms with E-state index in [-0.39, 0.29) is 0 Å². The number of hydrogen-bond acceptors (Lipinski definition) is 4. The summed E-state index contributed by atoms with van der Waals surface area (Å²) in [7, 11) is 0. The molecule has 0 fully saturated rings. The van der Waals surface area contributed by atoms with Crippen LogP contribution in [-0.2, 0) is 12.8 Å². The van der Waals surface area contributed by atoms with Crippen molar-refractivity contribution in [2.75, 3.05) is 5.32 Å². The van der Waals surface area contributed by atoms with E-state index in [1.165, 1.54) is 22.7 Å². The summed E-state index contributed by atoms with van der Waals surface area (Å²) < 4.78 is 4.25. The second-order valence-corrected chi connectivity index (χ2v) is 5.71. The van der Waals surface area contributed by atoms with Crippen molar-refractivity contribution in [2.45, 2.75) is 32.2 Å². The van der Waals surface area contributed by atoms with Crippen molar-refractivity contribution in [3.05, 3.63) is 46.6 Å². The molecule has 0 bridgehead atoms. The zero-order chi connectivity index (χ0) is 13.2. The first kappa shape index (κ1) is 12.2. The molecular formula is C15H15N3S. The molecule has 1 atom stereocenters. The number of nitrogens with zero attached hydrogens (tertiary/aromatic N) is 2. The molecule has 1 aliphatic rings. The van der Waals surface area contributed by atoms with E-state index in [0.29, 0.717) is 11.6 Å². The lowest BCUT2D eigenvalue weighted by atomic mass is 9.88. The molecule has 3 rings (SSSR count). The molecule has 1 aromatic carbocycles. The van der Waals surface area contributed by atoms with Crippen LogP contribution >= 0.6 is 11.5 Å². The van der Waals surface area contributed by atoms with E-state index in [2.05, 4.69) is 40.0 Å². The third-order valence-electron chi connectivity index (χ3n) is 3.66. The Morgan fingerprint density at radius 1 is 1.37 bits per heavy atom. The number of aromatic nitrogens is 1. The van der Waals surface area contributed by atoms with E-state index in [1.807, 2.05) is 6.92 Å². The summed E-state index contributed by atoms with van der Waals surface area (Å²) in [6, 6.07) is 11.3. The molecule has 3 nitrogen and oxygen atoms in total. The Labute approximate surface area is 117 Å². The molecule has 96 valence electrons. The summed E-state index contributed by atoms with van der Waals surface area (Å²) in [6.07, 6.45) is 3.24. The highest BCUT2D eigenvalue weighted by Gasteiger charge is 2.20. The van der Waals surface area contributed by atoms with Crippen LogP contribution < -0.4 is 5.32 Å². The van der Waals surface area contributed by atoms with Crippen LogP contribution in [0.1, 0.15) is 28.8 Å². The van der Waals surface area contributed by atoms with Crippen molar-refractivity contribution in [1.82, 2.24) is 4.37 Å². The zero-order valence-corrected chi connectivity index (χ0v) is 11.6. The van der Waals surface area contributed by atoms with Crippen molar-refractivity contribution in [3.8, 4) is 6.07 Å². The number of aryl methyl sites for hydroxylation is 2. The molecule has 0 saturated carbocycles. The third-order valence-corrected chi connectivity index (χ3v) is 4.53. The van der Waals surface area contributed by atoms with Gasteiger partial charge in [0.25, 0.3) is 0 Å². The van der Waals surface area contributed by atoms with Crippen molar-refractivity contribution in [3.63, 3.8) is 0 Å². The first-order valence-corrected chi connectivity index (χ1v) is 7.25. The highest BCUT2D eigenvalue weighted by molar-refractivity contribution is 7.10. The van der Waals surface area contributed by atoms with Gasteiger partial charge >= 0.3 is 0 Å². The predicted molar refractivity (Wildman–Crippen MR) is 77.4 cm³/mol. The number of benzene rings is 1. The Morgan fingerprint density at radius 3 is 2.95 bits per heavy atom. The van der Waals surface area contributed by atoms with Gasteiger partial charge in [-0.2, -0.15) is 9.64 Å². The van der Waals surface area contributed by atoms with E-state index >= 15 is 0 Å². The van der Waals surface area contributed by atoms with Crippen molar-refractivity contribution in [2.24, 2.45) is 0 Å². The molecule has 0 aliphatic heterocycles. The quantitative estimate of drug-likeness (QED) is 0.910. The Bertz CT molecular complexity index is 639. The fourth-order valence-electron chi connectivity index (χ4n) is 2.61. The normalized spacial score (nSPS) is 17.6. The lowest BCUT2D eigenvalue weighted by Gasteiger charge is -2.25. The predicted octanol–water partition coefficient (Wildman–Crippen LogP) is 3.29. The van der Waals surface area contributed by atoms with Crippen LogP contribution in [-0.4, -0.2) is 10.4 Å². The lowest BCUT2D eigenvalue weighted by molar-refractivity contribution is 0.612. The topological polar surface area (TPSA) is 48.7 Å². The molecular weight excluding hydrogens is 254 g/mol. The molecule has 1 heterocycles. The van der Waals surface area contributed by atoms with Gasteiger partial charge in [-0.25, -0.2) is 0 Å². The molecule has 1 N–H and O–H groups in total. The minimum atomic E-state index is 0.404. The molecule has 1 aliphatic carbocycles. The number of nitrogens with one attached hydrogen (secondary N) is 1. The van der Waals surface area contributed by atoms with E-state index in [4.69, 9.17) is 5.26 Å². The summed E-state index contributed by atoms with van der Waals surface area (Å²) in [5.74, 6) is 0. The van der Waals surface area contributed by atoms with Gasteiger partial charge in [0.1, 0.15) is 16.6 Å². The zero-order valence-electron chi connectivity index (χ0n) is 10.8. The monoisotopic (exact) mass is 269 g/mol. The summed E-state index contributed by atoms with van der Waals surface area (Å²) in [5, 5.41) is 13.6. The van der Waals surface area contributed by atoms with Crippen molar-refractivity contribution in [1.29, 1.82) is 5.26 Å². The molecule has 2 aromatic rings. The number of nitriles is 1. The standard InChI is InChI=1S/C15H15N3S/c1-10-14(9-16)15(19-18-10)17-13-7-6-11-4-2-3-5-12(11)8-13/h2-5,13,17H,6-8H2,1H3. The van der Waals surface area contributed by atoms with Crippen molar-refractivity contribution >= 4 is 16.5 Å². The van der Waals surface area contributed by atoms with Crippen LogP contribution in [0.25, 0.3) is 0 Å². The van der Waals surface area contributed by atoms with Crippen LogP contribution in [0.4, 0.5) is 5.00 Å². The minimum Gasteiger partial charge on any atom is -0.371 e. The lowest BCUT2D eigenvalue weighted by Crippen LogP contribution is -2.27. The summed E-state index contributed by atoms with van der Waals surface area (Å²) in [5.41, 5.74) is 4.41. The van der Waals surface area contributed by atoms with E-state index in [1.54, 1.807) is 0 Å². The Balaban J connectivity index is 1.78. The van der Waals surface area contributed by atoms with Crippen LogP contribution in [0.2, 0.25) is 0 Å². The Morgan fingerprint density at radius 2 is 2.16 bits per heavy atom. The van der Waals surface area contributed by atoms with Crippen LogP contribution in [0.3, 0.4) is 0 Å². The average molecular weight is 269 g/mol. The summed E-state index contributed by atoms with van der Waals surface area (Å²) >= 11 is 1.39. The highest BCUT2D eigenvalue weighted by atomic mass is 32.1. The Hall–Kier alpha value is -1.86. The number of hydrogen-bond donors (Lipinski definition) is 1. The maximum atomic E-state index is 9.15. The number of anilines is 1. The molecule has 0 amide bonds. The van der Waals surface area contributed by atoms with Gasteiger partial charge in [0.2, 0.25) is 0 Å². The molecule has 1 aromatic heterocycles. The molecule has 4 heteroatoms. The molecule has 0 radical (unpaired) electrons. The van der Waals surface area contributed by atoms with Gasteiger partial charge in [0.15, 0.2) is 0 Å². The van der Waals surface area contributed by atoms with Gasteiger partial charge in [-0.1, -0.05) is 24.3 Å². The van der Waals surface area contributed by atoms with Gasteiger partial charge in [-0.3, -0.25) is 0 Å². The Kier molecular flexibility index (Phi) is 3.22. The van der Waals surface area contributed by atoms with E-state index in [9.17, 15) is 0 Å². The van der Waals surface area contributed by atoms with Crippen LogP contribution in [0.15, 0.2) is 24.3 Å². The second kappa shape index (κ2) is 5.02.